The van der Waals surface area contributed by atoms with E-state index < -0.39 is 9.84 Å². The molecule has 2 amide bonds. The summed E-state index contributed by atoms with van der Waals surface area (Å²) >= 11 is 0. The van der Waals surface area contributed by atoms with E-state index in [2.05, 4.69) is 0 Å². The molecule has 0 unspecified atom stereocenters. The number of ether oxygens (including phenoxy) is 1. The van der Waals surface area contributed by atoms with E-state index in [0.717, 1.165) is 35.2 Å². The van der Waals surface area contributed by atoms with Crippen molar-refractivity contribution in [3.63, 3.8) is 0 Å². The van der Waals surface area contributed by atoms with Crippen molar-refractivity contribution in [1.29, 1.82) is 0 Å². The van der Waals surface area contributed by atoms with Crippen LogP contribution in [-0.4, -0.2) is 58.1 Å². The van der Waals surface area contributed by atoms with Crippen molar-refractivity contribution in [2.75, 3.05) is 31.9 Å². The molecule has 1 atom stereocenters. The first-order chi connectivity index (χ1) is 15.0. The van der Waals surface area contributed by atoms with Crippen molar-refractivity contribution >= 4 is 27.3 Å². The number of anilines is 1. The minimum atomic E-state index is -3.13. The van der Waals surface area contributed by atoms with Crippen LogP contribution >= 0.6 is 0 Å². The Morgan fingerprint density at radius 2 is 1.78 bits per heavy atom. The number of carbonyl (C=O) groups is 2. The van der Waals surface area contributed by atoms with Crippen LogP contribution in [0.5, 0.6) is 5.75 Å². The number of hydrogen-bond donors (Lipinski definition) is 0. The lowest BCUT2D eigenvalue weighted by Crippen LogP contribution is -2.41. The molecule has 0 saturated heterocycles. The number of rotatable bonds is 6. The van der Waals surface area contributed by atoms with E-state index in [1.807, 2.05) is 31.2 Å². The molecular weight excluding hydrogens is 428 g/mol. The maximum absolute atomic E-state index is 12.3. The Hall–Kier alpha value is -2.87. The standard InChI is InChI=1S/C24H30N2O5S/c1-16-6-11-21-22(26(16)17(2)27)13-12-20(24(21)31-14-23(28)25(3)4)19-9-7-18(8-10-19)15-32(5,29)30/h7-10,12-13,16H,6,11,14-15H2,1-5H3/t16-/m0/s1. The van der Waals surface area contributed by atoms with Gasteiger partial charge in [-0.25, -0.2) is 8.42 Å². The molecule has 0 aliphatic carbocycles. The number of likely N-dealkylation sites (N-methyl/N-ethyl adjacent to an activating group) is 1. The van der Waals surface area contributed by atoms with E-state index in [1.165, 1.54) is 11.2 Å². The Labute approximate surface area is 189 Å². The number of benzene rings is 2. The molecule has 3 rings (SSSR count). The SMILES string of the molecule is CC(=O)N1c2ccc(-c3ccc(CS(C)(=O)=O)cc3)c(OCC(=O)N(C)C)c2CC[C@@H]1C. The third-order valence-electron chi connectivity index (χ3n) is 5.62. The molecule has 1 aliphatic rings. The molecule has 0 radical (unpaired) electrons. The zero-order valence-electron chi connectivity index (χ0n) is 19.2. The Bertz CT molecular complexity index is 1120. The Morgan fingerprint density at radius 3 is 2.34 bits per heavy atom. The fourth-order valence-electron chi connectivity index (χ4n) is 4.02. The molecule has 172 valence electrons. The van der Waals surface area contributed by atoms with Crippen LogP contribution < -0.4 is 9.64 Å². The van der Waals surface area contributed by atoms with Gasteiger partial charge in [0.05, 0.1) is 11.4 Å². The van der Waals surface area contributed by atoms with E-state index in [1.54, 1.807) is 38.1 Å². The lowest BCUT2D eigenvalue weighted by Gasteiger charge is -2.36. The first-order valence-electron chi connectivity index (χ1n) is 10.5. The van der Waals surface area contributed by atoms with Crippen LogP contribution in [0.1, 0.15) is 31.4 Å². The Kier molecular flexibility index (Phi) is 6.93. The van der Waals surface area contributed by atoms with Crippen LogP contribution in [0.2, 0.25) is 0 Å². The summed E-state index contributed by atoms with van der Waals surface area (Å²) in [7, 11) is 0.222. The molecule has 1 heterocycles. The summed E-state index contributed by atoms with van der Waals surface area (Å²) < 4.78 is 29.3. The van der Waals surface area contributed by atoms with Gasteiger partial charge in [0.15, 0.2) is 16.4 Å². The molecule has 0 bridgehead atoms. The van der Waals surface area contributed by atoms with Gasteiger partial charge in [-0.1, -0.05) is 24.3 Å². The Morgan fingerprint density at radius 1 is 1.12 bits per heavy atom. The zero-order chi connectivity index (χ0) is 23.6. The second-order valence-electron chi connectivity index (χ2n) is 8.56. The van der Waals surface area contributed by atoms with Crippen molar-refractivity contribution in [2.45, 2.75) is 38.5 Å². The highest BCUT2D eigenvalue weighted by molar-refractivity contribution is 7.89. The number of hydrogen-bond acceptors (Lipinski definition) is 5. The maximum atomic E-state index is 12.3. The fraction of sp³-hybridized carbons (Fsp3) is 0.417. The summed E-state index contributed by atoms with van der Waals surface area (Å²) in [6, 6.07) is 11.2. The van der Waals surface area contributed by atoms with Crippen LogP contribution in [-0.2, 0) is 31.6 Å². The number of fused-ring (bicyclic) bond motifs is 1. The van der Waals surface area contributed by atoms with E-state index in [9.17, 15) is 18.0 Å². The van der Waals surface area contributed by atoms with Crippen molar-refractivity contribution in [3.05, 3.63) is 47.5 Å². The summed E-state index contributed by atoms with van der Waals surface area (Å²) in [5.74, 6) is 0.367. The van der Waals surface area contributed by atoms with Crippen molar-refractivity contribution < 1.29 is 22.7 Å². The minimum absolute atomic E-state index is 0.0242. The van der Waals surface area contributed by atoms with Crippen LogP contribution in [0.25, 0.3) is 11.1 Å². The smallest absolute Gasteiger partial charge is 0.259 e. The summed E-state index contributed by atoms with van der Waals surface area (Å²) in [4.78, 5) is 27.8. The molecule has 2 aromatic carbocycles. The van der Waals surface area contributed by atoms with Gasteiger partial charge in [-0.15, -0.1) is 0 Å². The van der Waals surface area contributed by atoms with Crippen molar-refractivity contribution in [2.24, 2.45) is 0 Å². The number of sulfone groups is 1. The predicted molar refractivity (Wildman–Crippen MR) is 126 cm³/mol. The monoisotopic (exact) mass is 458 g/mol. The number of nitrogens with zero attached hydrogens (tertiary/aromatic N) is 2. The molecule has 8 heteroatoms. The maximum Gasteiger partial charge on any atom is 0.259 e. The van der Waals surface area contributed by atoms with E-state index in [4.69, 9.17) is 4.74 Å². The number of amides is 2. The molecule has 0 N–H and O–H groups in total. The molecular formula is C24H30N2O5S. The van der Waals surface area contributed by atoms with Crippen LogP contribution in [0.3, 0.4) is 0 Å². The van der Waals surface area contributed by atoms with Gasteiger partial charge in [0.25, 0.3) is 5.91 Å². The molecule has 0 saturated carbocycles. The number of carbonyl (C=O) groups excluding carboxylic acids is 2. The molecule has 0 fully saturated rings. The van der Waals surface area contributed by atoms with Gasteiger partial charge in [-0.2, -0.15) is 0 Å². The second kappa shape index (κ2) is 9.32. The molecule has 1 aliphatic heterocycles. The first-order valence-corrected chi connectivity index (χ1v) is 12.6. The van der Waals surface area contributed by atoms with E-state index >= 15 is 0 Å². The van der Waals surface area contributed by atoms with Gasteiger partial charge in [0.2, 0.25) is 5.91 Å². The van der Waals surface area contributed by atoms with Crippen LogP contribution in [0.15, 0.2) is 36.4 Å². The van der Waals surface area contributed by atoms with Crippen molar-refractivity contribution in [1.82, 2.24) is 4.90 Å². The third kappa shape index (κ3) is 5.30. The first kappa shape index (κ1) is 23.8. The summed E-state index contributed by atoms with van der Waals surface area (Å²) in [5, 5.41) is 0. The van der Waals surface area contributed by atoms with E-state index in [-0.39, 0.29) is 30.2 Å². The van der Waals surface area contributed by atoms with Gasteiger partial charge in [0.1, 0.15) is 5.75 Å². The van der Waals surface area contributed by atoms with Gasteiger partial charge < -0.3 is 14.5 Å². The van der Waals surface area contributed by atoms with Gasteiger partial charge in [-0.3, -0.25) is 9.59 Å². The highest BCUT2D eigenvalue weighted by Crippen LogP contribution is 2.43. The average molecular weight is 459 g/mol. The fourth-order valence-corrected chi connectivity index (χ4v) is 4.82. The van der Waals surface area contributed by atoms with Gasteiger partial charge in [0, 0.05) is 44.4 Å². The Balaban J connectivity index is 2.07. The lowest BCUT2D eigenvalue weighted by molar-refractivity contribution is -0.130. The summed E-state index contributed by atoms with van der Waals surface area (Å²) in [6.45, 7) is 3.46. The summed E-state index contributed by atoms with van der Waals surface area (Å²) in [5.41, 5.74) is 4.07. The zero-order valence-corrected chi connectivity index (χ0v) is 20.0. The normalized spacial score (nSPS) is 15.8. The van der Waals surface area contributed by atoms with Crippen LogP contribution in [0, 0.1) is 0 Å². The van der Waals surface area contributed by atoms with Gasteiger partial charge in [-0.05, 0) is 43.0 Å². The van der Waals surface area contributed by atoms with Crippen LogP contribution in [0.4, 0.5) is 5.69 Å². The minimum Gasteiger partial charge on any atom is -0.483 e. The van der Waals surface area contributed by atoms with Crippen molar-refractivity contribution in [3.8, 4) is 16.9 Å². The molecule has 32 heavy (non-hydrogen) atoms. The highest BCUT2D eigenvalue weighted by atomic mass is 32.2. The predicted octanol–water partition coefficient (Wildman–Crippen LogP) is 3.05. The molecule has 7 nitrogen and oxygen atoms in total. The molecule has 2 aromatic rings. The quantitative estimate of drug-likeness (QED) is 0.664. The molecule has 0 aromatic heterocycles. The molecule has 0 spiro atoms. The van der Waals surface area contributed by atoms with Gasteiger partial charge >= 0.3 is 0 Å². The largest absolute Gasteiger partial charge is 0.483 e. The lowest BCUT2D eigenvalue weighted by atomic mass is 9.91. The van der Waals surface area contributed by atoms with E-state index in [0.29, 0.717) is 11.3 Å². The third-order valence-corrected chi connectivity index (χ3v) is 6.48. The topological polar surface area (TPSA) is 84.0 Å². The summed E-state index contributed by atoms with van der Waals surface area (Å²) in [6.07, 6.45) is 2.73. The second-order valence-corrected chi connectivity index (χ2v) is 10.7. The average Bonchev–Trinajstić information content (AvgIpc) is 2.70. The highest BCUT2D eigenvalue weighted by Gasteiger charge is 2.30.